The molecule has 4 amide bonds. The van der Waals surface area contributed by atoms with Crippen LogP contribution in [0.4, 0.5) is 11.4 Å². The fourth-order valence-electron chi connectivity index (χ4n) is 9.72. The summed E-state index contributed by atoms with van der Waals surface area (Å²) in [6.07, 6.45) is 2.38. The summed E-state index contributed by atoms with van der Waals surface area (Å²) in [5, 5.41) is 11.6. The lowest BCUT2D eigenvalue weighted by Gasteiger charge is -2.44. The van der Waals surface area contributed by atoms with E-state index in [0.29, 0.717) is 61.6 Å². The summed E-state index contributed by atoms with van der Waals surface area (Å²) in [4.78, 5) is 69.5. The molecule has 2 aliphatic heterocycles. The van der Waals surface area contributed by atoms with E-state index in [9.17, 15) is 24.3 Å². The number of carbonyl (C=O) groups excluding carboxylic acids is 4. The van der Waals surface area contributed by atoms with Crippen LogP contribution >= 0.6 is 11.6 Å². The number of nitrogens with zero attached hydrogens (tertiary/aromatic N) is 4. The van der Waals surface area contributed by atoms with Crippen LogP contribution in [0.2, 0.25) is 5.02 Å². The maximum atomic E-state index is 14.6. The molecule has 3 fully saturated rings. The smallest absolute Gasteiger partial charge is 0.238 e. The van der Waals surface area contributed by atoms with E-state index in [1.165, 1.54) is 15.9 Å². The van der Waals surface area contributed by atoms with Crippen molar-refractivity contribution in [3.63, 3.8) is 0 Å². The molecule has 12 heteroatoms. The number of aromatic nitrogens is 2. The lowest BCUT2D eigenvalue weighted by atomic mass is 9.57. The van der Waals surface area contributed by atoms with Crippen molar-refractivity contribution in [3.8, 4) is 28.7 Å². The van der Waals surface area contributed by atoms with E-state index in [4.69, 9.17) is 20.4 Å². The summed E-state index contributed by atoms with van der Waals surface area (Å²) in [5.41, 5.74) is 6.05. The number of fused-ring (bicyclic) bond motifs is 6. The van der Waals surface area contributed by atoms with Gasteiger partial charge in [-0.25, -0.2) is 9.97 Å². The molecule has 1 saturated carbocycles. The van der Waals surface area contributed by atoms with Gasteiger partial charge in [-0.3, -0.25) is 29.0 Å². The number of para-hydroxylation sites is 4. The maximum Gasteiger partial charge on any atom is 0.238 e. The second kappa shape index (κ2) is 12.8. The summed E-state index contributed by atoms with van der Waals surface area (Å²) in [5.74, 6) is -5.22. The number of halogens is 1. The van der Waals surface area contributed by atoms with E-state index in [1.54, 1.807) is 60.7 Å². The van der Waals surface area contributed by atoms with Gasteiger partial charge in [0.05, 0.1) is 35.0 Å². The third-order valence-corrected chi connectivity index (χ3v) is 12.5. The molecule has 0 bridgehead atoms. The van der Waals surface area contributed by atoms with E-state index in [1.807, 2.05) is 54.6 Å². The Morgan fingerprint density at radius 3 is 1.71 bits per heavy atom. The highest BCUT2D eigenvalue weighted by atomic mass is 35.5. The second-order valence-corrected chi connectivity index (χ2v) is 15.8. The molecule has 2 aliphatic carbocycles. The lowest BCUT2D eigenvalue weighted by Crippen LogP contribution is -2.43. The van der Waals surface area contributed by atoms with E-state index in [0.717, 1.165) is 11.1 Å². The molecular formula is C46H31ClN4O7. The number of benzene rings is 5. The van der Waals surface area contributed by atoms with Gasteiger partial charge < -0.3 is 13.9 Å². The Kier molecular flexibility index (Phi) is 7.61. The number of rotatable bonds is 5. The minimum absolute atomic E-state index is 0.0762. The van der Waals surface area contributed by atoms with Gasteiger partial charge in [0.1, 0.15) is 16.8 Å². The highest BCUT2D eigenvalue weighted by Gasteiger charge is 2.62. The van der Waals surface area contributed by atoms with E-state index < -0.39 is 47.3 Å². The first-order chi connectivity index (χ1) is 28.2. The number of aromatic hydroxyl groups is 1. The Labute approximate surface area is 335 Å². The monoisotopic (exact) mass is 786 g/mol. The summed E-state index contributed by atoms with van der Waals surface area (Å²) in [6, 6.07) is 33.4. The average Bonchev–Trinajstić information content (AvgIpc) is 4.00. The number of phenolic OH excluding ortho intramolecular Hbond substituents is 1. The molecule has 6 atom stereocenters. The first-order valence-corrected chi connectivity index (χ1v) is 19.5. The molecule has 0 radical (unpaired) electrons. The van der Waals surface area contributed by atoms with E-state index in [-0.39, 0.29) is 30.4 Å². The summed E-state index contributed by atoms with van der Waals surface area (Å²) < 4.78 is 11.9. The zero-order chi connectivity index (χ0) is 39.4. The number of oxazole rings is 2. The Balaban J connectivity index is 0.932. The van der Waals surface area contributed by atoms with Crippen LogP contribution in [0.3, 0.4) is 0 Å². The first kappa shape index (κ1) is 34.4. The van der Waals surface area contributed by atoms with Crippen LogP contribution in [0.5, 0.6) is 5.75 Å². The molecule has 58 heavy (non-hydrogen) atoms. The number of carbonyl (C=O) groups is 4. The quantitative estimate of drug-likeness (QED) is 0.134. The number of anilines is 2. The van der Waals surface area contributed by atoms with Crippen molar-refractivity contribution in [2.24, 2.45) is 29.6 Å². The number of imide groups is 2. The van der Waals surface area contributed by atoms with Crippen LogP contribution in [0.1, 0.15) is 24.3 Å². The molecule has 2 aromatic heterocycles. The van der Waals surface area contributed by atoms with Crippen molar-refractivity contribution in [2.45, 2.75) is 18.8 Å². The minimum atomic E-state index is -0.879. The van der Waals surface area contributed by atoms with Crippen molar-refractivity contribution < 1.29 is 33.1 Å². The van der Waals surface area contributed by atoms with Gasteiger partial charge in [0, 0.05) is 27.6 Å². The third-order valence-electron chi connectivity index (χ3n) is 12.3. The predicted octanol–water partition coefficient (Wildman–Crippen LogP) is 8.71. The fourth-order valence-corrected chi connectivity index (χ4v) is 9.90. The minimum Gasteiger partial charge on any atom is -0.508 e. The van der Waals surface area contributed by atoms with Gasteiger partial charge in [0.2, 0.25) is 35.4 Å². The Morgan fingerprint density at radius 2 is 1.14 bits per heavy atom. The summed E-state index contributed by atoms with van der Waals surface area (Å²) >= 11 is 6.50. The normalized spacial score (nSPS) is 24.1. The Morgan fingerprint density at radius 1 is 0.603 bits per heavy atom. The molecule has 4 heterocycles. The molecule has 2 saturated heterocycles. The van der Waals surface area contributed by atoms with Crippen LogP contribution in [0.25, 0.3) is 45.1 Å². The highest BCUT2D eigenvalue weighted by molar-refractivity contribution is 6.30. The van der Waals surface area contributed by atoms with Crippen LogP contribution < -0.4 is 9.80 Å². The van der Waals surface area contributed by atoms with Crippen molar-refractivity contribution in [2.75, 3.05) is 9.80 Å². The van der Waals surface area contributed by atoms with Crippen LogP contribution in [-0.2, 0) is 19.2 Å². The largest absolute Gasteiger partial charge is 0.508 e. The van der Waals surface area contributed by atoms with Gasteiger partial charge in [0.25, 0.3) is 0 Å². The molecule has 6 unspecified atom stereocenters. The van der Waals surface area contributed by atoms with Gasteiger partial charge in [-0.05, 0) is 110 Å². The van der Waals surface area contributed by atoms with Crippen molar-refractivity contribution >= 4 is 68.8 Å². The molecule has 11 rings (SSSR count). The summed E-state index contributed by atoms with van der Waals surface area (Å²) in [7, 11) is 0. The second-order valence-electron chi connectivity index (χ2n) is 15.3. The fraction of sp³-hybridized carbons (Fsp3) is 0.174. The molecule has 0 spiro atoms. The van der Waals surface area contributed by atoms with Crippen molar-refractivity contribution in [1.29, 1.82) is 0 Å². The predicted molar refractivity (Wildman–Crippen MR) is 215 cm³/mol. The van der Waals surface area contributed by atoms with Crippen molar-refractivity contribution in [1.82, 2.24) is 9.97 Å². The standard InChI is InChI=1S/C46H31ClN4O7/c47-25-13-20-35(52)31(21-25)38-28-18-19-29-39(45(55)50(43(29)53)26-14-9-23(10-15-26)41-48-33-5-1-3-7-36(33)57-41)30(28)22-32-40(38)46(56)51(44(32)54)27-16-11-24(12-17-27)42-49-34-6-2-4-8-37(34)58-42/h1-18,20-21,29-30,32,38-40,52H,19,22H2. The topological polar surface area (TPSA) is 147 Å². The number of hydrogen-bond acceptors (Lipinski definition) is 9. The molecule has 11 nitrogen and oxygen atoms in total. The summed E-state index contributed by atoms with van der Waals surface area (Å²) in [6.45, 7) is 0. The van der Waals surface area contributed by atoms with E-state index >= 15 is 0 Å². The maximum absolute atomic E-state index is 14.6. The molecule has 284 valence electrons. The Hall–Kier alpha value is -6.85. The van der Waals surface area contributed by atoms with E-state index in [2.05, 4.69) is 9.97 Å². The van der Waals surface area contributed by atoms with Gasteiger partial charge >= 0.3 is 0 Å². The number of phenols is 1. The lowest BCUT2D eigenvalue weighted by molar-refractivity contribution is -0.126. The van der Waals surface area contributed by atoms with Crippen molar-refractivity contribution in [3.05, 3.63) is 137 Å². The number of allylic oxidation sites excluding steroid dienone is 2. The molecule has 1 N–H and O–H groups in total. The van der Waals surface area contributed by atoms with Gasteiger partial charge in [0.15, 0.2) is 11.2 Å². The first-order valence-electron chi connectivity index (χ1n) is 19.1. The molecule has 4 aliphatic rings. The van der Waals surface area contributed by atoms with Gasteiger partial charge in [-0.1, -0.05) is 47.5 Å². The van der Waals surface area contributed by atoms with Gasteiger partial charge in [-0.15, -0.1) is 0 Å². The number of hydrogen-bond donors (Lipinski definition) is 1. The average molecular weight is 787 g/mol. The third kappa shape index (κ3) is 5.12. The SMILES string of the molecule is O=C1C2CC=C3C(CC4C(=O)N(c5ccc(-c6nc7ccccc7o6)cc5)C(=O)C4C3c3cc(Cl)ccc3O)C2C(=O)N1c1ccc(-c2nc3ccccc3o2)cc1. The number of amides is 4. The molecule has 5 aromatic carbocycles. The zero-order valence-corrected chi connectivity index (χ0v) is 31.2. The molecule has 7 aromatic rings. The van der Waals surface area contributed by atoms with Crippen LogP contribution in [0.15, 0.2) is 136 Å². The Bertz CT molecular complexity index is 2850. The molecular weight excluding hydrogens is 756 g/mol. The zero-order valence-electron chi connectivity index (χ0n) is 30.5. The van der Waals surface area contributed by atoms with Crippen LogP contribution in [0, 0.1) is 29.6 Å². The van der Waals surface area contributed by atoms with Gasteiger partial charge in [-0.2, -0.15) is 0 Å². The van der Waals surface area contributed by atoms with Crippen LogP contribution in [-0.4, -0.2) is 38.7 Å². The highest BCUT2D eigenvalue weighted by Crippen LogP contribution is 2.59.